The number of halogens is 4. The van der Waals surface area contributed by atoms with E-state index in [2.05, 4.69) is 52.2 Å². The molecular weight excluding hydrogens is 547 g/mol. The van der Waals surface area contributed by atoms with Crippen LogP contribution in [0.4, 0.5) is 20.3 Å². The minimum atomic E-state index is -1.82. The van der Waals surface area contributed by atoms with E-state index in [0.29, 0.717) is 23.2 Å². The highest BCUT2D eigenvalue weighted by atomic mass is 35.5. The smallest absolute Gasteiger partial charge is 0.228 e. The molecule has 1 aromatic heterocycles. The first-order valence-corrected chi connectivity index (χ1v) is 13.2. The van der Waals surface area contributed by atoms with Crippen molar-refractivity contribution in [3.63, 3.8) is 0 Å². The summed E-state index contributed by atoms with van der Waals surface area (Å²) in [5.74, 6) is 1.93. The molecule has 0 saturated carbocycles. The average Bonchev–Trinajstić information content (AvgIpc) is 2.87. The number of benzene rings is 2. The van der Waals surface area contributed by atoms with Crippen LogP contribution in [0.1, 0.15) is 19.4 Å². The molecule has 1 heterocycles. The van der Waals surface area contributed by atoms with Gasteiger partial charge in [0.15, 0.2) is 6.29 Å². The van der Waals surface area contributed by atoms with E-state index in [1.165, 1.54) is 25.5 Å². The van der Waals surface area contributed by atoms with Crippen molar-refractivity contribution >= 4 is 69.1 Å². The lowest BCUT2D eigenvalue weighted by Crippen LogP contribution is -2.09. The van der Waals surface area contributed by atoms with Gasteiger partial charge in [-0.25, -0.2) is 18.7 Å². The van der Waals surface area contributed by atoms with E-state index < -0.39 is 22.2 Å². The third kappa shape index (κ3) is 14.0. The van der Waals surface area contributed by atoms with Crippen LogP contribution in [-0.4, -0.2) is 51.1 Å². The van der Waals surface area contributed by atoms with Gasteiger partial charge < -0.3 is 16.8 Å². The number of carbonyl (C=O) groups excluding carboxylic acids is 2. The number of nitrogens with zero attached hydrogens (tertiary/aromatic N) is 2. The first-order valence-electron chi connectivity index (χ1n) is 10.9. The molecule has 13 heteroatoms. The number of amides is 1. The Hall–Kier alpha value is -2.73. The molecule has 2 unspecified atom stereocenters. The van der Waals surface area contributed by atoms with Gasteiger partial charge in [-0.05, 0) is 55.3 Å². The molecule has 8 nitrogen and oxygen atoms in total. The van der Waals surface area contributed by atoms with Gasteiger partial charge in [0.1, 0.15) is 18.0 Å². The predicted molar refractivity (Wildman–Crippen MR) is 148 cm³/mol. The lowest BCUT2D eigenvalue weighted by atomic mass is 10.1. The Bertz CT molecular complexity index is 1140. The molecule has 204 valence electrons. The molecule has 37 heavy (non-hydrogen) atoms. The second-order valence-electron chi connectivity index (χ2n) is 7.39. The number of hydrogen-bond acceptors (Lipinski definition) is 7. The summed E-state index contributed by atoms with van der Waals surface area (Å²) in [5, 5.41) is 4.07. The van der Waals surface area contributed by atoms with Crippen LogP contribution in [0.5, 0.6) is 0 Å². The van der Waals surface area contributed by atoms with Gasteiger partial charge in [0.25, 0.3) is 0 Å². The Labute approximate surface area is 227 Å². The fourth-order valence-electron chi connectivity index (χ4n) is 2.76. The Balaban J connectivity index is 0.00000112. The number of alkyl halides is 2. The van der Waals surface area contributed by atoms with E-state index in [1.54, 1.807) is 6.07 Å². The number of fused-ring (bicyclic) bond motifs is 1. The molecule has 5 N–H and O–H groups in total. The molecule has 0 fully saturated rings. The number of aromatic nitrogens is 2. The summed E-state index contributed by atoms with van der Waals surface area (Å²) in [6, 6.07) is 10.4. The molecule has 2 atom stereocenters. The van der Waals surface area contributed by atoms with Crippen molar-refractivity contribution in [3.8, 4) is 0 Å². The van der Waals surface area contributed by atoms with E-state index in [9.17, 15) is 13.0 Å². The molecule has 0 aliphatic carbocycles. The third-order valence-corrected chi connectivity index (χ3v) is 6.21. The largest absolute Gasteiger partial charge is 0.372 e. The monoisotopic (exact) mass is 577 g/mol. The molecule has 1 amide bonds. The van der Waals surface area contributed by atoms with Gasteiger partial charge >= 0.3 is 0 Å². The highest BCUT2D eigenvalue weighted by molar-refractivity contribution is 7.84. The number of nitrogens with one attached hydrogen (secondary N) is 1. The van der Waals surface area contributed by atoms with E-state index in [4.69, 9.17) is 21.2 Å². The minimum absolute atomic E-state index is 0.0154. The number of anilines is 2. The normalized spacial score (nSPS) is 11.5. The zero-order chi connectivity index (χ0) is 28.4. The van der Waals surface area contributed by atoms with Crippen LogP contribution in [0.3, 0.4) is 0 Å². The fraction of sp³-hybridized carbons (Fsp3) is 0.333. The van der Waals surface area contributed by atoms with Crippen molar-refractivity contribution in [2.24, 2.45) is 17.4 Å². The van der Waals surface area contributed by atoms with Gasteiger partial charge in [0.2, 0.25) is 12.0 Å². The van der Waals surface area contributed by atoms with E-state index in [-0.39, 0.29) is 17.7 Å². The predicted octanol–water partition coefficient (Wildman–Crippen LogP) is 4.51. The van der Waals surface area contributed by atoms with Crippen LogP contribution < -0.4 is 16.8 Å². The van der Waals surface area contributed by atoms with Crippen LogP contribution in [0.2, 0.25) is 5.02 Å². The number of aryl methyl sites for hydroxylation is 1. The van der Waals surface area contributed by atoms with Crippen molar-refractivity contribution in [2.75, 3.05) is 23.9 Å². The maximum atomic E-state index is 13.4. The van der Waals surface area contributed by atoms with E-state index >= 15 is 0 Å². The average molecular weight is 579 g/mol. The van der Waals surface area contributed by atoms with Gasteiger partial charge in [-0.2, -0.15) is 0 Å². The molecule has 0 saturated heterocycles. The highest BCUT2D eigenvalue weighted by Crippen LogP contribution is 2.26. The number of carbonyl (C=O) groups is 2. The first kappa shape index (κ1) is 34.3. The summed E-state index contributed by atoms with van der Waals surface area (Å²) in [5.41, 5.74) is 9.36. The van der Waals surface area contributed by atoms with Crippen LogP contribution in [-0.2, 0) is 26.8 Å². The SMILES string of the molecule is CC(C)CS(=O)CCc1ccc2ncnc(Nc3ccc(F)c(Cl)c3)c2c1.CN.NC=O.O=CC(F)Cl. The van der Waals surface area contributed by atoms with Gasteiger partial charge in [-0.1, -0.05) is 43.1 Å². The van der Waals surface area contributed by atoms with Crippen LogP contribution in [0.15, 0.2) is 42.7 Å². The first-order chi connectivity index (χ1) is 17.6. The lowest BCUT2D eigenvalue weighted by molar-refractivity contribution is -0.109. The second kappa shape index (κ2) is 19.4. The number of aldehydes is 1. The zero-order valence-corrected chi connectivity index (χ0v) is 23.0. The summed E-state index contributed by atoms with van der Waals surface area (Å²) in [6.45, 7) is 4.15. The minimum Gasteiger partial charge on any atom is -0.372 e. The number of nitrogens with two attached hydrogens (primary N) is 2. The van der Waals surface area contributed by atoms with Crippen LogP contribution in [0.25, 0.3) is 10.9 Å². The summed E-state index contributed by atoms with van der Waals surface area (Å²) >= 11 is 10.3. The standard InChI is InChI=1S/C20H21ClFN3OS.C2H2ClFO.CH3NO.CH5N/c1-13(2)11-27(26)8-7-14-3-6-19-16(9-14)20(24-12-23-19)25-15-4-5-18(22)17(21)10-15;3-2(4)1-5;2-1-3;1-2/h3-6,9-10,12-13H,7-8,11H2,1-2H3,(H,23,24,25);1-2H;1H,(H2,2,3);2H2,1H3. The Kier molecular flexibility index (Phi) is 18.0. The summed E-state index contributed by atoms with van der Waals surface area (Å²) in [4.78, 5) is 26.2. The maximum absolute atomic E-state index is 13.4. The van der Waals surface area contributed by atoms with Crippen molar-refractivity contribution in [1.29, 1.82) is 0 Å². The van der Waals surface area contributed by atoms with Crippen LogP contribution >= 0.6 is 23.2 Å². The maximum Gasteiger partial charge on any atom is 0.228 e. The zero-order valence-electron chi connectivity index (χ0n) is 20.7. The molecule has 3 aromatic rings. The molecule has 0 bridgehead atoms. The fourth-order valence-corrected chi connectivity index (χ4v) is 4.31. The Morgan fingerprint density at radius 1 is 1.14 bits per heavy atom. The third-order valence-electron chi connectivity index (χ3n) is 4.12. The van der Waals surface area contributed by atoms with Gasteiger partial charge in [-0.3, -0.25) is 13.8 Å². The van der Waals surface area contributed by atoms with E-state index in [0.717, 1.165) is 28.6 Å². The molecule has 0 radical (unpaired) electrons. The van der Waals surface area contributed by atoms with Crippen molar-refractivity contribution in [1.82, 2.24) is 9.97 Å². The van der Waals surface area contributed by atoms with Gasteiger partial charge in [0, 0.05) is 33.4 Å². The van der Waals surface area contributed by atoms with Crippen molar-refractivity contribution in [3.05, 3.63) is 59.1 Å². The van der Waals surface area contributed by atoms with E-state index in [1.807, 2.05) is 18.2 Å². The second-order valence-corrected chi connectivity index (χ2v) is 9.83. The lowest BCUT2D eigenvalue weighted by Gasteiger charge is -2.10. The van der Waals surface area contributed by atoms with Gasteiger partial charge in [0.05, 0.1) is 10.5 Å². The molecule has 0 aliphatic heterocycles. The van der Waals surface area contributed by atoms with Gasteiger partial charge in [-0.15, -0.1) is 0 Å². The molecular formula is C24H31Cl2F2N5O3S. The van der Waals surface area contributed by atoms with Crippen molar-refractivity contribution in [2.45, 2.75) is 25.9 Å². The number of hydrogen-bond donors (Lipinski definition) is 3. The van der Waals surface area contributed by atoms with Crippen LogP contribution in [0, 0.1) is 11.7 Å². The van der Waals surface area contributed by atoms with Crippen molar-refractivity contribution < 1.29 is 22.6 Å². The number of primary amides is 1. The Morgan fingerprint density at radius 2 is 1.76 bits per heavy atom. The Morgan fingerprint density at radius 3 is 2.30 bits per heavy atom. The molecule has 0 spiro atoms. The molecule has 3 rings (SSSR count). The highest BCUT2D eigenvalue weighted by Gasteiger charge is 2.09. The quantitative estimate of drug-likeness (QED) is 0.264. The summed E-state index contributed by atoms with van der Waals surface area (Å²) < 4.78 is 36.3. The summed E-state index contributed by atoms with van der Waals surface area (Å²) in [6.07, 6.45) is 2.47. The topological polar surface area (TPSA) is 141 Å². The number of rotatable bonds is 8. The molecule has 0 aliphatic rings. The molecule has 2 aromatic carbocycles. The summed E-state index contributed by atoms with van der Waals surface area (Å²) in [7, 11) is 0.677.